The number of hydrogen-bond acceptors (Lipinski definition) is 3. The Morgan fingerprint density at radius 1 is 1.26 bits per heavy atom. The molecule has 27 heavy (non-hydrogen) atoms. The Morgan fingerprint density at radius 3 is 2.63 bits per heavy atom. The number of halogens is 4. The van der Waals surface area contributed by atoms with Crippen molar-refractivity contribution in [2.75, 3.05) is 6.54 Å². The van der Waals surface area contributed by atoms with E-state index in [9.17, 15) is 21.6 Å². The molecule has 1 heterocycles. The van der Waals surface area contributed by atoms with Crippen LogP contribution in [-0.4, -0.2) is 24.7 Å². The van der Waals surface area contributed by atoms with Crippen LogP contribution in [0.3, 0.4) is 0 Å². The quantitative estimate of drug-likeness (QED) is 0.800. The first-order valence-corrected chi connectivity index (χ1v) is 10.4. The Hall–Kier alpha value is -1.58. The van der Waals surface area contributed by atoms with Crippen molar-refractivity contribution in [3.8, 4) is 0 Å². The molecule has 1 aromatic carbocycles. The molecule has 0 fully saturated rings. The first-order valence-electron chi connectivity index (χ1n) is 8.51. The number of fused-ring (bicyclic) bond motifs is 1. The summed E-state index contributed by atoms with van der Waals surface area (Å²) in [6.07, 6.45) is -2.16. The first-order chi connectivity index (χ1) is 12.6. The lowest BCUT2D eigenvalue weighted by molar-refractivity contribution is -0.142. The van der Waals surface area contributed by atoms with E-state index in [1.165, 1.54) is 16.8 Å². The van der Waals surface area contributed by atoms with Gasteiger partial charge in [0.2, 0.25) is 10.0 Å². The average molecular weight is 422 g/mol. The maximum Gasteiger partial charge on any atom is 0.435 e. The van der Waals surface area contributed by atoms with Crippen LogP contribution >= 0.6 is 11.6 Å². The first kappa shape index (κ1) is 20.2. The Bertz CT molecular complexity index is 955. The Labute approximate surface area is 160 Å². The lowest BCUT2D eigenvalue weighted by Crippen LogP contribution is -2.28. The largest absolute Gasteiger partial charge is 0.435 e. The molecule has 1 aliphatic carbocycles. The Kier molecular flexibility index (Phi) is 5.56. The smallest absolute Gasteiger partial charge is 0.267 e. The molecule has 1 aromatic heterocycles. The zero-order chi connectivity index (χ0) is 19.8. The zero-order valence-corrected chi connectivity index (χ0v) is 16.2. The Morgan fingerprint density at radius 2 is 1.96 bits per heavy atom. The maximum absolute atomic E-state index is 13.2. The van der Waals surface area contributed by atoms with Gasteiger partial charge in [0.05, 0.1) is 11.4 Å². The van der Waals surface area contributed by atoms with Crippen molar-refractivity contribution in [2.45, 2.75) is 50.2 Å². The second kappa shape index (κ2) is 7.44. The van der Waals surface area contributed by atoms with Gasteiger partial charge in [-0.25, -0.2) is 13.1 Å². The molecule has 0 saturated carbocycles. The van der Waals surface area contributed by atoms with Crippen LogP contribution in [0.25, 0.3) is 0 Å². The number of aromatic nitrogens is 2. The lowest BCUT2D eigenvalue weighted by Gasteiger charge is -2.15. The van der Waals surface area contributed by atoms with E-state index >= 15 is 0 Å². The van der Waals surface area contributed by atoms with Crippen LogP contribution in [0, 0.1) is 6.92 Å². The molecule has 0 radical (unpaired) electrons. The number of sulfonamides is 1. The molecule has 2 aromatic rings. The predicted octanol–water partition coefficient (Wildman–Crippen LogP) is 3.72. The molecule has 0 aliphatic heterocycles. The topological polar surface area (TPSA) is 64.0 Å². The molecule has 0 amide bonds. The summed E-state index contributed by atoms with van der Waals surface area (Å²) in [5.74, 6) is 0. The van der Waals surface area contributed by atoms with E-state index in [2.05, 4.69) is 9.82 Å². The van der Waals surface area contributed by atoms with Gasteiger partial charge in [0.1, 0.15) is 0 Å². The highest BCUT2D eigenvalue weighted by molar-refractivity contribution is 7.89. The number of nitrogens with one attached hydrogen (secondary N) is 1. The lowest BCUT2D eigenvalue weighted by atomic mass is 9.95. The number of aryl methyl sites for hydroxylation is 1. The van der Waals surface area contributed by atoms with Gasteiger partial charge in [-0.05, 0) is 50.3 Å². The van der Waals surface area contributed by atoms with Crippen molar-refractivity contribution in [1.82, 2.24) is 14.5 Å². The van der Waals surface area contributed by atoms with Gasteiger partial charge in [0, 0.05) is 22.8 Å². The van der Waals surface area contributed by atoms with E-state index in [1.54, 1.807) is 13.0 Å². The van der Waals surface area contributed by atoms with E-state index in [-0.39, 0.29) is 23.5 Å². The molecule has 0 spiro atoms. The summed E-state index contributed by atoms with van der Waals surface area (Å²) in [7, 11) is -3.81. The standard InChI is InChI=1S/C17H19ClF3N3O2S/c1-11-6-7-12(10-14(11)18)27(25,26)22-8-9-24-15-5-3-2-4-13(15)16(23-24)17(19,20)21/h6-7,10,22H,2-5,8-9H2,1H3. The summed E-state index contributed by atoms with van der Waals surface area (Å²) in [4.78, 5) is 0.0107. The minimum Gasteiger partial charge on any atom is -0.267 e. The number of rotatable bonds is 5. The summed E-state index contributed by atoms with van der Waals surface area (Å²) in [5.41, 5.74) is 0.678. The molecule has 148 valence electrons. The zero-order valence-electron chi connectivity index (χ0n) is 14.6. The van der Waals surface area contributed by atoms with E-state index in [1.807, 2.05) is 0 Å². The molecule has 10 heteroatoms. The molecule has 0 saturated heterocycles. The van der Waals surface area contributed by atoms with Crippen LogP contribution < -0.4 is 4.72 Å². The van der Waals surface area contributed by atoms with Crippen molar-refractivity contribution in [1.29, 1.82) is 0 Å². The van der Waals surface area contributed by atoms with Crippen LogP contribution in [0.1, 0.15) is 35.4 Å². The Balaban J connectivity index is 1.75. The van der Waals surface area contributed by atoms with E-state index < -0.39 is 21.9 Å². The highest BCUT2D eigenvalue weighted by Gasteiger charge is 2.39. The third-order valence-corrected chi connectivity index (χ3v) is 6.46. The molecule has 1 N–H and O–H groups in total. The average Bonchev–Trinajstić information content (AvgIpc) is 2.96. The van der Waals surface area contributed by atoms with Crippen molar-refractivity contribution >= 4 is 21.6 Å². The minimum atomic E-state index is -4.51. The van der Waals surface area contributed by atoms with Gasteiger partial charge in [-0.1, -0.05) is 17.7 Å². The second-order valence-corrected chi connectivity index (χ2v) is 8.68. The number of hydrogen-bond donors (Lipinski definition) is 1. The fourth-order valence-corrected chi connectivity index (χ4v) is 4.49. The molecular weight excluding hydrogens is 403 g/mol. The summed E-state index contributed by atoms with van der Waals surface area (Å²) < 4.78 is 68.0. The van der Waals surface area contributed by atoms with Gasteiger partial charge in [0.15, 0.2) is 5.69 Å². The number of nitrogens with zero attached hydrogens (tertiary/aromatic N) is 2. The van der Waals surface area contributed by atoms with Crippen LogP contribution in [0.2, 0.25) is 5.02 Å². The second-order valence-electron chi connectivity index (χ2n) is 6.51. The molecule has 5 nitrogen and oxygen atoms in total. The summed E-state index contributed by atoms with van der Waals surface area (Å²) in [6.45, 7) is 1.71. The SMILES string of the molecule is Cc1ccc(S(=O)(=O)NCCn2nc(C(F)(F)F)c3c2CCCC3)cc1Cl. The van der Waals surface area contributed by atoms with E-state index in [0.29, 0.717) is 30.0 Å². The highest BCUT2D eigenvalue weighted by atomic mass is 35.5. The monoisotopic (exact) mass is 421 g/mol. The van der Waals surface area contributed by atoms with Gasteiger partial charge in [0.25, 0.3) is 0 Å². The van der Waals surface area contributed by atoms with E-state index in [4.69, 9.17) is 11.6 Å². The van der Waals surface area contributed by atoms with Gasteiger partial charge in [-0.3, -0.25) is 4.68 Å². The fourth-order valence-electron chi connectivity index (χ4n) is 3.19. The summed E-state index contributed by atoms with van der Waals surface area (Å²) in [5, 5.41) is 4.04. The maximum atomic E-state index is 13.2. The van der Waals surface area contributed by atoms with Crippen molar-refractivity contribution in [2.24, 2.45) is 0 Å². The fraction of sp³-hybridized carbons (Fsp3) is 0.471. The minimum absolute atomic E-state index is 0.0107. The van der Waals surface area contributed by atoms with E-state index in [0.717, 1.165) is 12.0 Å². The highest BCUT2D eigenvalue weighted by Crippen LogP contribution is 2.35. The summed E-state index contributed by atoms with van der Waals surface area (Å²) in [6, 6.07) is 4.37. The van der Waals surface area contributed by atoms with Crippen molar-refractivity contribution in [3.63, 3.8) is 0 Å². The van der Waals surface area contributed by atoms with Gasteiger partial charge >= 0.3 is 6.18 Å². The molecule has 3 rings (SSSR count). The van der Waals surface area contributed by atoms with Crippen LogP contribution in [0.15, 0.2) is 23.1 Å². The molecular formula is C17H19ClF3N3O2S. The molecule has 0 bridgehead atoms. The number of benzene rings is 1. The van der Waals surface area contributed by atoms with Gasteiger partial charge in [-0.15, -0.1) is 0 Å². The predicted molar refractivity (Wildman–Crippen MR) is 95.2 cm³/mol. The summed E-state index contributed by atoms with van der Waals surface area (Å²) >= 11 is 5.96. The van der Waals surface area contributed by atoms with Crippen LogP contribution in [0.4, 0.5) is 13.2 Å². The van der Waals surface area contributed by atoms with Gasteiger partial charge in [-0.2, -0.15) is 18.3 Å². The third kappa shape index (κ3) is 4.30. The molecule has 0 unspecified atom stereocenters. The van der Waals surface area contributed by atoms with Crippen molar-refractivity contribution in [3.05, 3.63) is 45.7 Å². The number of alkyl halides is 3. The molecule has 1 aliphatic rings. The van der Waals surface area contributed by atoms with Crippen LogP contribution in [0.5, 0.6) is 0 Å². The van der Waals surface area contributed by atoms with Crippen LogP contribution in [-0.2, 0) is 35.6 Å². The normalized spacial score (nSPS) is 15.0. The van der Waals surface area contributed by atoms with Gasteiger partial charge < -0.3 is 0 Å². The van der Waals surface area contributed by atoms with Crippen molar-refractivity contribution < 1.29 is 21.6 Å². The third-order valence-electron chi connectivity index (χ3n) is 4.59. The molecule has 0 atom stereocenters.